The number of benzene rings is 1. The zero-order chi connectivity index (χ0) is 18.8. The average molecular weight is 369 g/mol. The largest absolute Gasteiger partial charge is 0.364 e. The SMILES string of the molecule is Cc1c(-c2ccn(CC(C)n3nccc3C(N)=O)n2)ccc(C#N)c1Cl. The van der Waals surface area contributed by atoms with Gasteiger partial charge in [-0.3, -0.25) is 14.2 Å². The van der Waals surface area contributed by atoms with Crippen LogP contribution < -0.4 is 5.73 Å². The quantitative estimate of drug-likeness (QED) is 0.747. The Morgan fingerprint density at radius 3 is 2.85 bits per heavy atom. The minimum Gasteiger partial charge on any atom is -0.364 e. The van der Waals surface area contributed by atoms with Crippen molar-refractivity contribution in [3.05, 3.63) is 58.5 Å². The van der Waals surface area contributed by atoms with Crippen LogP contribution >= 0.6 is 11.6 Å². The minimum atomic E-state index is -0.515. The Kier molecular flexibility index (Phi) is 4.78. The highest BCUT2D eigenvalue weighted by Gasteiger charge is 2.16. The molecule has 0 spiro atoms. The highest BCUT2D eigenvalue weighted by molar-refractivity contribution is 6.32. The standard InChI is InChI=1S/C18H17ClN6O/c1-11(25-16(18(21)26)5-7-22-25)10-24-8-6-15(23-24)14-4-3-13(9-20)17(19)12(14)2/h3-8,11H,10H2,1-2H3,(H2,21,26). The predicted molar refractivity (Wildman–Crippen MR) is 97.6 cm³/mol. The highest BCUT2D eigenvalue weighted by Crippen LogP contribution is 2.30. The second kappa shape index (κ2) is 7.02. The lowest BCUT2D eigenvalue weighted by Gasteiger charge is -2.14. The summed E-state index contributed by atoms with van der Waals surface area (Å²) >= 11 is 6.24. The summed E-state index contributed by atoms with van der Waals surface area (Å²) < 4.78 is 3.37. The number of carbonyl (C=O) groups is 1. The number of aromatic nitrogens is 4. The van der Waals surface area contributed by atoms with Crippen LogP contribution in [-0.4, -0.2) is 25.5 Å². The van der Waals surface area contributed by atoms with Gasteiger partial charge in [-0.25, -0.2) is 0 Å². The van der Waals surface area contributed by atoms with Gasteiger partial charge in [0, 0.05) is 18.0 Å². The molecule has 1 amide bonds. The smallest absolute Gasteiger partial charge is 0.266 e. The lowest BCUT2D eigenvalue weighted by atomic mass is 10.0. The molecule has 0 aliphatic rings. The van der Waals surface area contributed by atoms with Crippen LogP contribution in [0.3, 0.4) is 0 Å². The van der Waals surface area contributed by atoms with Gasteiger partial charge in [0.05, 0.1) is 28.9 Å². The Balaban J connectivity index is 1.85. The van der Waals surface area contributed by atoms with Crippen molar-refractivity contribution in [2.45, 2.75) is 26.4 Å². The second-order valence-corrected chi connectivity index (χ2v) is 6.39. The first-order valence-electron chi connectivity index (χ1n) is 7.98. The highest BCUT2D eigenvalue weighted by atomic mass is 35.5. The molecule has 0 fully saturated rings. The first kappa shape index (κ1) is 17.7. The molecule has 2 heterocycles. The van der Waals surface area contributed by atoms with Crippen LogP contribution in [0, 0.1) is 18.3 Å². The zero-order valence-corrected chi connectivity index (χ0v) is 15.1. The number of rotatable bonds is 5. The molecule has 0 saturated heterocycles. The molecule has 2 N–H and O–H groups in total. The molecule has 132 valence electrons. The maximum absolute atomic E-state index is 11.5. The van der Waals surface area contributed by atoms with Gasteiger partial charge in [-0.05, 0) is 37.6 Å². The van der Waals surface area contributed by atoms with Crippen molar-refractivity contribution >= 4 is 17.5 Å². The molecule has 0 saturated carbocycles. The van der Waals surface area contributed by atoms with Crippen molar-refractivity contribution in [1.82, 2.24) is 19.6 Å². The molecular formula is C18H17ClN6O. The fourth-order valence-corrected chi connectivity index (χ4v) is 3.07. The molecule has 1 unspecified atom stereocenters. The van der Waals surface area contributed by atoms with Gasteiger partial charge in [-0.15, -0.1) is 0 Å². The Labute approximate surface area is 155 Å². The van der Waals surface area contributed by atoms with E-state index in [0.717, 1.165) is 16.8 Å². The van der Waals surface area contributed by atoms with Crippen molar-refractivity contribution in [2.75, 3.05) is 0 Å². The Morgan fingerprint density at radius 1 is 1.38 bits per heavy atom. The van der Waals surface area contributed by atoms with Crippen LogP contribution in [-0.2, 0) is 6.54 Å². The maximum Gasteiger partial charge on any atom is 0.266 e. The summed E-state index contributed by atoms with van der Waals surface area (Å²) in [6.07, 6.45) is 3.40. The van der Waals surface area contributed by atoms with E-state index in [4.69, 9.17) is 22.6 Å². The number of nitrogens with two attached hydrogens (primary N) is 1. The molecule has 0 aliphatic carbocycles. The monoisotopic (exact) mass is 368 g/mol. The van der Waals surface area contributed by atoms with E-state index in [0.29, 0.717) is 22.8 Å². The van der Waals surface area contributed by atoms with Gasteiger partial charge >= 0.3 is 0 Å². The number of primary amides is 1. The summed E-state index contributed by atoms with van der Waals surface area (Å²) in [6, 6.07) is 8.97. The number of hydrogen-bond donors (Lipinski definition) is 1. The molecule has 1 atom stereocenters. The molecular weight excluding hydrogens is 352 g/mol. The normalized spacial score (nSPS) is 11.9. The van der Waals surface area contributed by atoms with Gasteiger partial charge in [0.1, 0.15) is 11.8 Å². The first-order valence-corrected chi connectivity index (χ1v) is 8.36. The number of amides is 1. The Bertz CT molecular complexity index is 1010. The van der Waals surface area contributed by atoms with Gasteiger partial charge in [0.15, 0.2) is 0 Å². The van der Waals surface area contributed by atoms with E-state index in [1.54, 1.807) is 27.7 Å². The van der Waals surface area contributed by atoms with Crippen LogP contribution in [0.15, 0.2) is 36.7 Å². The van der Waals surface area contributed by atoms with Crippen molar-refractivity contribution in [3.8, 4) is 17.3 Å². The van der Waals surface area contributed by atoms with Gasteiger partial charge < -0.3 is 5.73 Å². The molecule has 0 bridgehead atoms. The molecule has 3 aromatic rings. The van der Waals surface area contributed by atoms with E-state index < -0.39 is 5.91 Å². The summed E-state index contributed by atoms with van der Waals surface area (Å²) in [5.74, 6) is -0.515. The fraction of sp³-hybridized carbons (Fsp3) is 0.222. The van der Waals surface area contributed by atoms with Gasteiger partial charge in [0.25, 0.3) is 5.91 Å². The number of halogens is 1. The fourth-order valence-electron chi connectivity index (χ4n) is 2.86. The number of hydrogen-bond acceptors (Lipinski definition) is 4. The number of nitrogens with zero attached hydrogens (tertiary/aromatic N) is 5. The van der Waals surface area contributed by atoms with E-state index >= 15 is 0 Å². The number of nitriles is 1. The summed E-state index contributed by atoms with van der Waals surface area (Å²) in [7, 11) is 0. The molecule has 3 rings (SSSR count). The van der Waals surface area contributed by atoms with Gasteiger partial charge in [-0.2, -0.15) is 15.5 Å². The van der Waals surface area contributed by atoms with Crippen LogP contribution in [0.5, 0.6) is 0 Å². The molecule has 26 heavy (non-hydrogen) atoms. The summed E-state index contributed by atoms with van der Waals surface area (Å²) in [5.41, 5.74) is 8.62. The summed E-state index contributed by atoms with van der Waals surface area (Å²) in [4.78, 5) is 11.5. The molecule has 0 aliphatic heterocycles. The van der Waals surface area contributed by atoms with E-state index in [9.17, 15) is 4.79 Å². The van der Waals surface area contributed by atoms with Crippen LogP contribution in [0.1, 0.15) is 34.6 Å². The molecule has 8 heteroatoms. The first-order chi connectivity index (χ1) is 12.4. The third kappa shape index (κ3) is 3.19. The van der Waals surface area contributed by atoms with Gasteiger partial charge in [-0.1, -0.05) is 17.7 Å². The minimum absolute atomic E-state index is 0.106. The zero-order valence-electron chi connectivity index (χ0n) is 14.3. The lowest BCUT2D eigenvalue weighted by molar-refractivity contribution is 0.0987. The molecule has 7 nitrogen and oxygen atoms in total. The summed E-state index contributed by atoms with van der Waals surface area (Å²) in [5, 5.41) is 18.3. The Morgan fingerprint density at radius 2 is 2.15 bits per heavy atom. The molecule has 2 aromatic heterocycles. The van der Waals surface area contributed by atoms with Crippen LogP contribution in [0.2, 0.25) is 5.02 Å². The van der Waals surface area contributed by atoms with Crippen LogP contribution in [0.25, 0.3) is 11.3 Å². The topological polar surface area (TPSA) is 103 Å². The Hall–Kier alpha value is -3.11. The van der Waals surface area contributed by atoms with Gasteiger partial charge in [0.2, 0.25) is 0 Å². The van der Waals surface area contributed by atoms with E-state index in [1.165, 1.54) is 0 Å². The van der Waals surface area contributed by atoms with Crippen LogP contribution in [0.4, 0.5) is 0 Å². The third-order valence-corrected chi connectivity index (χ3v) is 4.70. The predicted octanol–water partition coefficient (Wildman–Crippen LogP) is 2.94. The summed E-state index contributed by atoms with van der Waals surface area (Å²) in [6.45, 7) is 4.32. The third-order valence-electron chi connectivity index (χ3n) is 4.21. The van der Waals surface area contributed by atoms with E-state index in [1.807, 2.05) is 32.2 Å². The van der Waals surface area contributed by atoms with Crippen molar-refractivity contribution in [1.29, 1.82) is 5.26 Å². The maximum atomic E-state index is 11.5. The van der Waals surface area contributed by atoms with Crippen molar-refractivity contribution < 1.29 is 4.79 Å². The average Bonchev–Trinajstić information content (AvgIpc) is 3.26. The lowest BCUT2D eigenvalue weighted by Crippen LogP contribution is -2.22. The number of carbonyl (C=O) groups excluding carboxylic acids is 1. The van der Waals surface area contributed by atoms with Crippen molar-refractivity contribution in [2.24, 2.45) is 5.73 Å². The van der Waals surface area contributed by atoms with E-state index in [2.05, 4.69) is 16.3 Å². The molecule has 0 radical (unpaired) electrons. The van der Waals surface area contributed by atoms with E-state index in [-0.39, 0.29) is 6.04 Å². The second-order valence-electron chi connectivity index (χ2n) is 6.01. The van der Waals surface area contributed by atoms with Crippen molar-refractivity contribution in [3.63, 3.8) is 0 Å². The molecule has 1 aromatic carbocycles.